The van der Waals surface area contributed by atoms with Gasteiger partial charge in [0.05, 0.1) is 0 Å². The molecule has 1 unspecified atom stereocenters. The molecule has 0 saturated heterocycles. The van der Waals surface area contributed by atoms with Crippen molar-refractivity contribution < 1.29 is 0 Å². The summed E-state index contributed by atoms with van der Waals surface area (Å²) in [6, 6.07) is 0. The van der Waals surface area contributed by atoms with E-state index in [1.165, 1.54) is 11.3 Å². The molecule has 0 aromatic rings. The molecule has 0 N–H and O–H groups in total. The summed E-state index contributed by atoms with van der Waals surface area (Å²) < 4.78 is 0. The highest BCUT2D eigenvalue weighted by molar-refractivity contribution is 7.81. The van der Waals surface area contributed by atoms with Crippen molar-refractivity contribution in [1.82, 2.24) is 0 Å². The first-order valence-corrected chi connectivity index (χ1v) is 6.90. The van der Waals surface area contributed by atoms with Crippen LogP contribution in [0.3, 0.4) is 0 Å². The predicted octanol–water partition coefficient (Wildman–Crippen LogP) is 4.73. The lowest BCUT2D eigenvalue weighted by molar-refractivity contribution is 0.902. The minimum absolute atomic E-state index is 0.383. The number of hydrogen-bond donors (Lipinski definition) is 1. The maximum Gasteiger partial charge on any atom is 0.0334 e. The normalized spacial score (nSPS) is 20.3. The molecule has 1 aliphatic carbocycles. The Morgan fingerprint density at radius 2 is 2.29 bits per heavy atom. The van der Waals surface area contributed by atoms with E-state index in [1.54, 1.807) is 0 Å². The third-order valence-corrected chi connectivity index (χ3v) is 3.14. The minimum Gasteiger partial charge on any atom is -0.263 e. The van der Waals surface area contributed by atoms with Crippen LogP contribution in [-0.4, -0.2) is 11.0 Å². The molecule has 0 bridgehead atoms. The van der Waals surface area contributed by atoms with Gasteiger partial charge in [-0.05, 0) is 32.6 Å². The van der Waals surface area contributed by atoms with Crippen molar-refractivity contribution in [3.8, 4) is 0 Å². The van der Waals surface area contributed by atoms with Crippen LogP contribution in [0.4, 0.5) is 0 Å². The monoisotopic (exact) mass is 249 g/mol. The SMILES string of the molecule is C=C(CCC1=CC(S)CC=C1)N=C(C)CCC. The molecule has 94 valence electrons. The molecule has 17 heavy (non-hydrogen) atoms. The van der Waals surface area contributed by atoms with E-state index in [0.717, 1.165) is 37.8 Å². The Balaban J connectivity index is 2.38. The Morgan fingerprint density at radius 1 is 1.53 bits per heavy atom. The molecule has 0 saturated carbocycles. The van der Waals surface area contributed by atoms with Crippen LogP contribution in [0.15, 0.2) is 41.1 Å². The molecule has 2 heteroatoms. The zero-order chi connectivity index (χ0) is 12.7. The predicted molar refractivity (Wildman–Crippen MR) is 81.0 cm³/mol. The summed E-state index contributed by atoms with van der Waals surface area (Å²) in [7, 11) is 0. The van der Waals surface area contributed by atoms with E-state index in [-0.39, 0.29) is 0 Å². The molecule has 1 aliphatic rings. The van der Waals surface area contributed by atoms with Gasteiger partial charge in [-0.25, -0.2) is 0 Å². The van der Waals surface area contributed by atoms with E-state index in [9.17, 15) is 0 Å². The quantitative estimate of drug-likeness (QED) is 0.516. The molecule has 0 amide bonds. The summed E-state index contributed by atoms with van der Waals surface area (Å²) in [5.74, 6) is 0. The zero-order valence-corrected chi connectivity index (χ0v) is 11.8. The van der Waals surface area contributed by atoms with Crippen molar-refractivity contribution in [3.05, 3.63) is 36.1 Å². The molecule has 1 nitrogen and oxygen atoms in total. The van der Waals surface area contributed by atoms with Gasteiger partial charge in [0.1, 0.15) is 0 Å². The van der Waals surface area contributed by atoms with E-state index >= 15 is 0 Å². The van der Waals surface area contributed by atoms with Gasteiger partial charge < -0.3 is 0 Å². The van der Waals surface area contributed by atoms with Crippen molar-refractivity contribution >= 4 is 18.3 Å². The molecule has 0 aliphatic heterocycles. The number of thiol groups is 1. The van der Waals surface area contributed by atoms with Gasteiger partial charge in [0.2, 0.25) is 0 Å². The summed E-state index contributed by atoms with van der Waals surface area (Å²) in [6.45, 7) is 8.28. The van der Waals surface area contributed by atoms with E-state index < -0.39 is 0 Å². The fourth-order valence-corrected chi connectivity index (χ4v) is 2.24. The fraction of sp³-hybridized carbons (Fsp3) is 0.533. The van der Waals surface area contributed by atoms with E-state index in [2.05, 4.69) is 56.3 Å². The van der Waals surface area contributed by atoms with Gasteiger partial charge in [-0.2, -0.15) is 12.6 Å². The summed E-state index contributed by atoms with van der Waals surface area (Å²) in [6.07, 6.45) is 11.9. The van der Waals surface area contributed by atoms with Crippen LogP contribution in [-0.2, 0) is 0 Å². The lowest BCUT2D eigenvalue weighted by atomic mass is 10.0. The highest BCUT2D eigenvalue weighted by Gasteiger charge is 2.05. The fourth-order valence-electron chi connectivity index (χ4n) is 1.93. The Kier molecular flexibility index (Phi) is 6.35. The van der Waals surface area contributed by atoms with Crippen LogP contribution < -0.4 is 0 Å². The third kappa shape index (κ3) is 5.92. The van der Waals surface area contributed by atoms with Crippen LogP contribution in [0.2, 0.25) is 0 Å². The average Bonchev–Trinajstić information content (AvgIpc) is 2.27. The van der Waals surface area contributed by atoms with E-state index in [1.807, 2.05) is 0 Å². The number of nitrogens with zero attached hydrogens (tertiary/aromatic N) is 1. The number of allylic oxidation sites excluding steroid dienone is 4. The topological polar surface area (TPSA) is 12.4 Å². The second-order valence-electron chi connectivity index (χ2n) is 4.61. The summed E-state index contributed by atoms with van der Waals surface area (Å²) in [5, 5.41) is 0.383. The first kappa shape index (κ1) is 14.3. The summed E-state index contributed by atoms with van der Waals surface area (Å²) in [5.41, 5.74) is 3.55. The lowest BCUT2D eigenvalue weighted by Crippen LogP contribution is -1.98. The summed E-state index contributed by atoms with van der Waals surface area (Å²) in [4.78, 5) is 4.52. The van der Waals surface area contributed by atoms with E-state index in [4.69, 9.17) is 0 Å². The van der Waals surface area contributed by atoms with Gasteiger partial charge in [-0.3, -0.25) is 4.99 Å². The van der Waals surface area contributed by atoms with Crippen LogP contribution in [0.25, 0.3) is 0 Å². The van der Waals surface area contributed by atoms with Crippen molar-refractivity contribution in [1.29, 1.82) is 0 Å². The molecule has 0 aromatic heterocycles. The largest absolute Gasteiger partial charge is 0.263 e. The summed E-state index contributed by atoms with van der Waals surface area (Å²) >= 11 is 4.47. The number of hydrogen-bond acceptors (Lipinski definition) is 2. The molecule has 0 heterocycles. The molecule has 0 radical (unpaired) electrons. The molecule has 0 fully saturated rings. The average molecular weight is 249 g/mol. The Bertz CT molecular complexity index is 350. The van der Waals surface area contributed by atoms with Crippen molar-refractivity contribution in [2.24, 2.45) is 4.99 Å². The number of aliphatic imine (C=N–C) groups is 1. The highest BCUT2D eigenvalue weighted by atomic mass is 32.1. The van der Waals surface area contributed by atoms with Crippen molar-refractivity contribution in [3.63, 3.8) is 0 Å². The second-order valence-corrected chi connectivity index (χ2v) is 5.27. The molecular weight excluding hydrogens is 226 g/mol. The maximum absolute atomic E-state index is 4.52. The maximum atomic E-state index is 4.52. The highest BCUT2D eigenvalue weighted by Crippen LogP contribution is 2.20. The van der Waals surface area contributed by atoms with Gasteiger partial charge in [0, 0.05) is 16.7 Å². The van der Waals surface area contributed by atoms with Crippen LogP contribution in [0, 0.1) is 0 Å². The van der Waals surface area contributed by atoms with Crippen LogP contribution >= 0.6 is 12.6 Å². The first-order valence-electron chi connectivity index (χ1n) is 6.39. The van der Waals surface area contributed by atoms with Crippen molar-refractivity contribution in [2.75, 3.05) is 0 Å². The number of rotatable bonds is 6. The smallest absolute Gasteiger partial charge is 0.0334 e. The Labute approximate surface area is 111 Å². The third-order valence-electron chi connectivity index (χ3n) is 2.78. The molecule has 1 rings (SSSR count). The standard InChI is InChI=1S/C15H23NS/c1-4-6-12(2)16-13(3)9-10-14-7-5-8-15(17)11-14/h5,7,11,15,17H,3-4,6,8-10H2,1-2H3. The molecular formula is C15H23NS. The van der Waals surface area contributed by atoms with Crippen LogP contribution in [0.1, 0.15) is 46.0 Å². The van der Waals surface area contributed by atoms with Gasteiger partial charge in [-0.1, -0.05) is 43.7 Å². The second kappa shape index (κ2) is 7.54. The lowest BCUT2D eigenvalue weighted by Gasteiger charge is -2.11. The minimum atomic E-state index is 0.383. The molecule has 1 atom stereocenters. The van der Waals surface area contributed by atoms with Crippen molar-refractivity contribution in [2.45, 2.75) is 51.2 Å². The Morgan fingerprint density at radius 3 is 2.94 bits per heavy atom. The molecule has 0 spiro atoms. The zero-order valence-electron chi connectivity index (χ0n) is 10.9. The van der Waals surface area contributed by atoms with E-state index in [0.29, 0.717) is 5.25 Å². The van der Waals surface area contributed by atoms with Crippen LogP contribution in [0.5, 0.6) is 0 Å². The molecule has 0 aromatic carbocycles. The Hall–Kier alpha value is -0.760. The first-order chi connectivity index (χ1) is 8.11. The van der Waals surface area contributed by atoms with Gasteiger partial charge in [0.15, 0.2) is 0 Å². The van der Waals surface area contributed by atoms with Gasteiger partial charge in [0.25, 0.3) is 0 Å². The van der Waals surface area contributed by atoms with Gasteiger partial charge in [-0.15, -0.1) is 0 Å². The van der Waals surface area contributed by atoms with Gasteiger partial charge >= 0.3 is 0 Å².